The van der Waals surface area contributed by atoms with Crippen LogP contribution in [-0.4, -0.2) is 35.4 Å². The molecule has 0 atom stereocenters. The Morgan fingerprint density at radius 1 is 1.00 bits per heavy atom. The Bertz CT molecular complexity index is 874. The van der Waals surface area contributed by atoms with Crippen LogP contribution in [0.2, 0.25) is 0 Å². The molecule has 2 N–H and O–H groups in total. The summed E-state index contributed by atoms with van der Waals surface area (Å²) in [7, 11) is 0. The molecule has 1 aromatic heterocycles. The molecule has 1 aliphatic rings. The van der Waals surface area contributed by atoms with Crippen molar-refractivity contribution in [2.24, 2.45) is 0 Å². The molecule has 0 saturated heterocycles. The molecule has 0 spiro atoms. The first-order valence-corrected chi connectivity index (χ1v) is 9.92. The lowest BCUT2D eigenvalue weighted by atomic mass is 9.95. The van der Waals surface area contributed by atoms with E-state index in [1.165, 1.54) is 18.7 Å². The second kappa shape index (κ2) is 9.82. The topological polar surface area (TPSA) is 97.4 Å². The molecule has 152 valence electrons. The summed E-state index contributed by atoms with van der Waals surface area (Å²) < 4.78 is 4.93. The first-order chi connectivity index (χ1) is 14.1. The lowest BCUT2D eigenvalue weighted by Gasteiger charge is -2.22. The fraction of sp³-hybridized carbons (Fsp3) is 0.364. The maximum atomic E-state index is 12.5. The van der Waals surface area contributed by atoms with Crippen molar-refractivity contribution >= 4 is 23.5 Å². The molecule has 3 rings (SSSR count). The number of nitrogens with zero attached hydrogens (tertiary/aromatic N) is 1. The predicted molar refractivity (Wildman–Crippen MR) is 109 cm³/mol. The van der Waals surface area contributed by atoms with E-state index in [9.17, 15) is 14.4 Å². The van der Waals surface area contributed by atoms with Crippen molar-refractivity contribution < 1.29 is 19.1 Å². The first kappa shape index (κ1) is 20.5. The summed E-state index contributed by atoms with van der Waals surface area (Å²) in [6, 6.07) is 9.67. The average molecular weight is 395 g/mol. The van der Waals surface area contributed by atoms with Crippen LogP contribution < -0.4 is 10.6 Å². The van der Waals surface area contributed by atoms with Crippen molar-refractivity contribution in [3.05, 3.63) is 59.4 Å². The monoisotopic (exact) mass is 395 g/mol. The molecule has 1 heterocycles. The van der Waals surface area contributed by atoms with Gasteiger partial charge in [-0.15, -0.1) is 0 Å². The van der Waals surface area contributed by atoms with Gasteiger partial charge in [-0.1, -0.05) is 19.3 Å². The van der Waals surface area contributed by atoms with Crippen LogP contribution in [0.3, 0.4) is 0 Å². The molecule has 29 heavy (non-hydrogen) atoms. The van der Waals surface area contributed by atoms with Crippen LogP contribution >= 0.6 is 0 Å². The number of ether oxygens (including phenoxy) is 1. The largest absolute Gasteiger partial charge is 0.462 e. The molecule has 0 radical (unpaired) electrons. The van der Waals surface area contributed by atoms with Crippen LogP contribution in [0.1, 0.15) is 70.2 Å². The smallest absolute Gasteiger partial charge is 0.338 e. The molecule has 2 amide bonds. The van der Waals surface area contributed by atoms with Gasteiger partial charge >= 0.3 is 5.97 Å². The number of carbonyl (C=O) groups excluding carboxylic acids is 3. The fourth-order valence-electron chi connectivity index (χ4n) is 3.31. The minimum atomic E-state index is -0.429. The molecule has 1 aromatic carbocycles. The molecule has 7 nitrogen and oxygen atoms in total. The Balaban J connectivity index is 1.63. The van der Waals surface area contributed by atoms with E-state index in [-0.39, 0.29) is 17.6 Å². The van der Waals surface area contributed by atoms with Crippen molar-refractivity contribution in [2.75, 3.05) is 11.9 Å². The standard InChI is InChI=1S/C22H25N3O4/c1-2-29-22(28)15-8-10-18(11-9-15)25-21(27)19-14-16(12-13-23-19)20(26)24-17-6-4-3-5-7-17/h8-14,17H,2-7H2,1H3,(H,24,26)(H,25,27). The summed E-state index contributed by atoms with van der Waals surface area (Å²) >= 11 is 0. The van der Waals surface area contributed by atoms with Gasteiger partial charge in [-0.25, -0.2) is 4.79 Å². The molecule has 1 saturated carbocycles. The Kier molecular flexibility index (Phi) is 6.94. The first-order valence-electron chi connectivity index (χ1n) is 9.92. The summed E-state index contributed by atoms with van der Waals surface area (Å²) in [5.74, 6) is -1.03. The number of nitrogens with one attached hydrogen (secondary N) is 2. The number of hydrogen-bond donors (Lipinski definition) is 2. The summed E-state index contributed by atoms with van der Waals surface area (Å²) in [5, 5.41) is 5.75. The zero-order valence-corrected chi connectivity index (χ0v) is 16.4. The van der Waals surface area contributed by atoms with Crippen LogP contribution in [0.5, 0.6) is 0 Å². The summed E-state index contributed by atoms with van der Waals surface area (Å²) in [4.78, 5) is 40.7. The highest BCUT2D eigenvalue weighted by molar-refractivity contribution is 6.05. The molecule has 1 aliphatic carbocycles. The summed E-state index contributed by atoms with van der Waals surface area (Å²) in [5.41, 5.74) is 1.48. The Morgan fingerprint density at radius 3 is 2.41 bits per heavy atom. The van der Waals surface area contributed by atoms with Gasteiger partial charge in [0.2, 0.25) is 0 Å². The van der Waals surface area contributed by atoms with Crippen molar-refractivity contribution in [3.8, 4) is 0 Å². The van der Waals surface area contributed by atoms with E-state index >= 15 is 0 Å². The van der Waals surface area contributed by atoms with Gasteiger partial charge in [-0.2, -0.15) is 0 Å². The van der Waals surface area contributed by atoms with Gasteiger partial charge in [0.05, 0.1) is 12.2 Å². The van der Waals surface area contributed by atoms with Crippen LogP contribution in [0, 0.1) is 0 Å². The SMILES string of the molecule is CCOC(=O)c1ccc(NC(=O)c2cc(C(=O)NC3CCCCC3)ccn2)cc1. The van der Waals surface area contributed by atoms with E-state index in [2.05, 4.69) is 15.6 Å². The van der Waals surface area contributed by atoms with E-state index in [0.717, 1.165) is 25.7 Å². The van der Waals surface area contributed by atoms with Crippen molar-refractivity contribution in [3.63, 3.8) is 0 Å². The second-order valence-electron chi connectivity index (χ2n) is 6.99. The lowest BCUT2D eigenvalue weighted by Crippen LogP contribution is -2.36. The Hall–Kier alpha value is -3.22. The number of anilines is 1. The van der Waals surface area contributed by atoms with Gasteiger partial charge in [-0.05, 0) is 56.2 Å². The van der Waals surface area contributed by atoms with Crippen molar-refractivity contribution in [1.82, 2.24) is 10.3 Å². The highest BCUT2D eigenvalue weighted by Crippen LogP contribution is 2.18. The highest BCUT2D eigenvalue weighted by Gasteiger charge is 2.18. The molecule has 0 unspecified atom stereocenters. The number of hydrogen-bond acceptors (Lipinski definition) is 5. The van der Waals surface area contributed by atoms with E-state index in [1.54, 1.807) is 37.3 Å². The number of rotatable bonds is 6. The molecule has 2 aromatic rings. The zero-order valence-electron chi connectivity index (χ0n) is 16.4. The third-order valence-corrected chi connectivity index (χ3v) is 4.85. The number of carbonyl (C=O) groups is 3. The van der Waals surface area contributed by atoms with Crippen LogP contribution in [0.15, 0.2) is 42.6 Å². The second-order valence-corrected chi connectivity index (χ2v) is 6.99. The molecule has 0 bridgehead atoms. The number of benzene rings is 1. The normalized spacial score (nSPS) is 14.1. The minimum Gasteiger partial charge on any atom is -0.462 e. The van der Waals surface area contributed by atoms with E-state index in [1.807, 2.05) is 0 Å². The van der Waals surface area contributed by atoms with Gasteiger partial charge in [0.25, 0.3) is 11.8 Å². The number of aromatic nitrogens is 1. The van der Waals surface area contributed by atoms with Crippen LogP contribution in [-0.2, 0) is 4.74 Å². The lowest BCUT2D eigenvalue weighted by molar-refractivity contribution is 0.0526. The van der Waals surface area contributed by atoms with Gasteiger partial charge < -0.3 is 15.4 Å². The summed E-state index contributed by atoms with van der Waals surface area (Å²) in [6.07, 6.45) is 6.91. The third-order valence-electron chi connectivity index (χ3n) is 4.85. The van der Waals surface area contributed by atoms with E-state index in [0.29, 0.717) is 23.4 Å². The van der Waals surface area contributed by atoms with E-state index in [4.69, 9.17) is 4.74 Å². The Morgan fingerprint density at radius 2 is 1.72 bits per heavy atom. The number of pyridine rings is 1. The number of esters is 1. The molecule has 1 fully saturated rings. The van der Waals surface area contributed by atoms with Crippen LogP contribution in [0.4, 0.5) is 5.69 Å². The fourth-order valence-corrected chi connectivity index (χ4v) is 3.31. The molecule has 7 heteroatoms. The number of amides is 2. The maximum absolute atomic E-state index is 12.5. The zero-order chi connectivity index (χ0) is 20.6. The summed E-state index contributed by atoms with van der Waals surface area (Å²) in [6.45, 7) is 2.04. The molecular formula is C22H25N3O4. The van der Waals surface area contributed by atoms with Gasteiger partial charge in [0.15, 0.2) is 0 Å². The predicted octanol–water partition coefficient (Wildman–Crippen LogP) is 3.57. The maximum Gasteiger partial charge on any atom is 0.338 e. The van der Waals surface area contributed by atoms with Crippen LogP contribution in [0.25, 0.3) is 0 Å². The average Bonchev–Trinajstić information content (AvgIpc) is 2.75. The van der Waals surface area contributed by atoms with Crippen molar-refractivity contribution in [2.45, 2.75) is 45.1 Å². The quantitative estimate of drug-likeness (QED) is 0.729. The highest BCUT2D eigenvalue weighted by atomic mass is 16.5. The Labute approximate surface area is 169 Å². The van der Waals surface area contributed by atoms with Gasteiger partial charge in [0, 0.05) is 23.5 Å². The molecule has 0 aliphatic heterocycles. The van der Waals surface area contributed by atoms with Gasteiger partial charge in [0.1, 0.15) is 5.69 Å². The third kappa shape index (κ3) is 5.63. The van der Waals surface area contributed by atoms with E-state index < -0.39 is 11.9 Å². The molecular weight excluding hydrogens is 370 g/mol. The van der Waals surface area contributed by atoms with Gasteiger partial charge in [-0.3, -0.25) is 14.6 Å². The van der Waals surface area contributed by atoms with Crippen molar-refractivity contribution in [1.29, 1.82) is 0 Å². The minimum absolute atomic E-state index is 0.149.